The van der Waals surface area contributed by atoms with Crippen LogP contribution in [0.15, 0.2) is 72.9 Å². The zero-order valence-electron chi connectivity index (χ0n) is 24.5. The smallest absolute Gasteiger partial charge is 0.407 e. The summed E-state index contributed by atoms with van der Waals surface area (Å²) < 4.78 is 29.8. The predicted molar refractivity (Wildman–Crippen MR) is 160 cm³/mol. The molecule has 0 unspecified atom stereocenters. The summed E-state index contributed by atoms with van der Waals surface area (Å²) in [5.74, 6) is -1.34. The number of carbonyl (C=O) groups is 3. The molecule has 0 aliphatic carbocycles. The SMILES string of the molecule is COC(=O)c1cc(C(=O)NCCNC(=O)OC(C)(C)C)c2cc(Cc3ccc(F)cc3)cnc2c1OCc1ccccc1. The maximum Gasteiger partial charge on any atom is 0.407 e. The third-order valence-electron chi connectivity index (χ3n) is 6.26. The van der Waals surface area contributed by atoms with Gasteiger partial charge in [-0.05, 0) is 68.1 Å². The van der Waals surface area contributed by atoms with Gasteiger partial charge in [0, 0.05) is 30.2 Å². The van der Waals surface area contributed by atoms with Crippen LogP contribution in [0.3, 0.4) is 0 Å². The van der Waals surface area contributed by atoms with Gasteiger partial charge in [-0.2, -0.15) is 0 Å². The van der Waals surface area contributed by atoms with E-state index in [4.69, 9.17) is 14.2 Å². The third-order valence-corrected chi connectivity index (χ3v) is 6.26. The molecule has 1 heterocycles. The average Bonchev–Trinajstić information content (AvgIpc) is 2.98. The predicted octanol–water partition coefficient (Wildman–Crippen LogP) is 5.58. The van der Waals surface area contributed by atoms with Crippen LogP contribution in [0, 0.1) is 5.82 Å². The number of halogens is 1. The minimum Gasteiger partial charge on any atom is -0.486 e. The van der Waals surface area contributed by atoms with E-state index in [0.29, 0.717) is 17.3 Å². The number of aromatic nitrogens is 1. The normalized spacial score (nSPS) is 11.1. The van der Waals surface area contributed by atoms with Crippen molar-refractivity contribution < 1.29 is 33.0 Å². The number of amides is 2. The van der Waals surface area contributed by atoms with Crippen LogP contribution in [-0.2, 0) is 22.5 Å². The molecule has 9 nitrogen and oxygen atoms in total. The Balaban J connectivity index is 1.68. The molecule has 3 aromatic carbocycles. The van der Waals surface area contributed by atoms with Crippen molar-refractivity contribution in [2.75, 3.05) is 20.2 Å². The number of carbonyl (C=O) groups excluding carboxylic acids is 3. The minimum absolute atomic E-state index is 0.0433. The highest BCUT2D eigenvalue weighted by Crippen LogP contribution is 2.34. The molecule has 2 amide bonds. The monoisotopic (exact) mass is 587 g/mol. The highest BCUT2D eigenvalue weighted by atomic mass is 19.1. The zero-order chi connectivity index (χ0) is 31.0. The fraction of sp³-hybridized carbons (Fsp3) is 0.273. The standard InChI is InChI=1S/C33H34FN3O6/c1-33(2,3)43-32(40)36-15-14-35-30(38)26-18-27(31(39)41-4)29(42-20-22-8-6-5-7-9-22)28-25(26)17-23(19-37-28)16-21-10-12-24(34)13-11-21/h5-13,17-19H,14-16,20H2,1-4H3,(H,35,38)(H,36,40). The number of nitrogens with one attached hydrogen (secondary N) is 2. The molecule has 43 heavy (non-hydrogen) atoms. The molecule has 0 saturated heterocycles. The second kappa shape index (κ2) is 13.8. The topological polar surface area (TPSA) is 116 Å². The van der Waals surface area contributed by atoms with Crippen molar-refractivity contribution in [2.45, 2.75) is 39.4 Å². The molecule has 0 bridgehead atoms. The number of ether oxygens (including phenoxy) is 3. The van der Waals surface area contributed by atoms with Gasteiger partial charge >= 0.3 is 12.1 Å². The number of esters is 1. The lowest BCUT2D eigenvalue weighted by Gasteiger charge is -2.19. The summed E-state index contributed by atoms with van der Waals surface area (Å²) in [6, 6.07) is 18.8. The number of methoxy groups -OCH3 is 1. The Bertz CT molecular complexity index is 1600. The Morgan fingerprint density at radius 2 is 1.56 bits per heavy atom. The van der Waals surface area contributed by atoms with Gasteiger partial charge in [-0.3, -0.25) is 9.78 Å². The number of alkyl carbamates (subject to hydrolysis) is 1. The number of hydrogen-bond donors (Lipinski definition) is 2. The Hall–Kier alpha value is -4.99. The van der Waals surface area contributed by atoms with Gasteiger partial charge in [0.15, 0.2) is 5.75 Å². The third kappa shape index (κ3) is 8.51. The van der Waals surface area contributed by atoms with Crippen LogP contribution in [0.2, 0.25) is 0 Å². The molecule has 2 N–H and O–H groups in total. The maximum absolute atomic E-state index is 13.5. The molecule has 0 fully saturated rings. The molecule has 1 aromatic heterocycles. The van der Waals surface area contributed by atoms with E-state index in [1.54, 1.807) is 45.2 Å². The fourth-order valence-corrected chi connectivity index (χ4v) is 4.32. The highest BCUT2D eigenvalue weighted by molar-refractivity contribution is 6.11. The van der Waals surface area contributed by atoms with Crippen LogP contribution in [0.1, 0.15) is 58.2 Å². The summed E-state index contributed by atoms with van der Waals surface area (Å²) in [6.07, 6.45) is 1.46. The lowest BCUT2D eigenvalue weighted by molar-refractivity contribution is 0.0525. The zero-order valence-corrected chi connectivity index (χ0v) is 24.5. The molecule has 0 radical (unpaired) electrons. The average molecular weight is 588 g/mol. The first kappa shape index (κ1) is 31.0. The Kier molecular flexibility index (Phi) is 9.92. The van der Waals surface area contributed by atoms with Crippen molar-refractivity contribution in [3.05, 3.63) is 107 Å². The number of rotatable bonds is 10. The number of pyridine rings is 1. The van der Waals surface area contributed by atoms with Crippen LogP contribution in [0.4, 0.5) is 9.18 Å². The second-order valence-corrected chi connectivity index (χ2v) is 10.8. The molecule has 0 spiro atoms. The van der Waals surface area contributed by atoms with Crippen LogP contribution >= 0.6 is 0 Å². The fourth-order valence-electron chi connectivity index (χ4n) is 4.32. The molecule has 0 atom stereocenters. The Labute approximate surface area is 249 Å². The molecule has 4 aromatic rings. The van der Waals surface area contributed by atoms with Crippen molar-refractivity contribution in [1.29, 1.82) is 0 Å². The number of hydrogen-bond acceptors (Lipinski definition) is 7. The lowest BCUT2D eigenvalue weighted by Crippen LogP contribution is -2.38. The first-order valence-electron chi connectivity index (χ1n) is 13.7. The van der Waals surface area contributed by atoms with E-state index in [1.165, 1.54) is 25.3 Å². The van der Waals surface area contributed by atoms with Crippen LogP contribution in [0.25, 0.3) is 10.9 Å². The highest BCUT2D eigenvalue weighted by Gasteiger charge is 2.24. The van der Waals surface area contributed by atoms with Gasteiger partial charge in [0.2, 0.25) is 0 Å². The molecule has 224 valence electrons. The minimum atomic E-state index is -0.692. The van der Waals surface area contributed by atoms with Crippen LogP contribution in [-0.4, -0.2) is 48.8 Å². The lowest BCUT2D eigenvalue weighted by atomic mass is 9.98. The van der Waals surface area contributed by atoms with Gasteiger partial charge in [-0.1, -0.05) is 42.5 Å². The Morgan fingerprint density at radius 3 is 2.23 bits per heavy atom. The summed E-state index contributed by atoms with van der Waals surface area (Å²) in [5, 5.41) is 5.82. The van der Waals surface area contributed by atoms with E-state index in [-0.39, 0.29) is 42.4 Å². The largest absolute Gasteiger partial charge is 0.486 e. The summed E-state index contributed by atoms with van der Waals surface area (Å²) >= 11 is 0. The maximum atomic E-state index is 13.5. The summed E-state index contributed by atoms with van der Waals surface area (Å²) in [5.41, 5.74) is 2.36. The van der Waals surface area contributed by atoms with Crippen molar-refractivity contribution in [3.8, 4) is 5.75 Å². The summed E-state index contributed by atoms with van der Waals surface area (Å²) in [4.78, 5) is 43.0. The number of nitrogens with zero attached hydrogens (tertiary/aromatic N) is 1. The van der Waals surface area contributed by atoms with E-state index in [9.17, 15) is 18.8 Å². The van der Waals surface area contributed by atoms with E-state index < -0.39 is 23.6 Å². The van der Waals surface area contributed by atoms with Crippen LogP contribution < -0.4 is 15.4 Å². The summed E-state index contributed by atoms with van der Waals surface area (Å²) in [7, 11) is 1.24. The first-order valence-corrected chi connectivity index (χ1v) is 13.7. The quantitative estimate of drug-likeness (QED) is 0.184. The summed E-state index contributed by atoms with van der Waals surface area (Å²) in [6.45, 7) is 5.63. The van der Waals surface area contributed by atoms with Crippen molar-refractivity contribution in [2.24, 2.45) is 0 Å². The first-order chi connectivity index (χ1) is 20.5. The molecule has 10 heteroatoms. The van der Waals surface area contributed by atoms with Crippen molar-refractivity contribution in [3.63, 3.8) is 0 Å². The van der Waals surface area contributed by atoms with E-state index in [0.717, 1.165) is 16.7 Å². The molecule has 0 aliphatic heterocycles. The second-order valence-electron chi connectivity index (χ2n) is 10.8. The number of benzene rings is 3. The van der Waals surface area contributed by atoms with E-state index in [1.807, 2.05) is 30.3 Å². The van der Waals surface area contributed by atoms with Gasteiger partial charge in [-0.25, -0.2) is 14.0 Å². The van der Waals surface area contributed by atoms with Crippen molar-refractivity contribution in [1.82, 2.24) is 15.6 Å². The Morgan fingerprint density at radius 1 is 0.860 bits per heavy atom. The van der Waals surface area contributed by atoms with Gasteiger partial charge in [-0.15, -0.1) is 0 Å². The van der Waals surface area contributed by atoms with Gasteiger partial charge in [0.25, 0.3) is 5.91 Å². The molecule has 4 rings (SSSR count). The van der Waals surface area contributed by atoms with Crippen LogP contribution in [0.5, 0.6) is 5.75 Å². The van der Waals surface area contributed by atoms with Gasteiger partial charge in [0.05, 0.1) is 7.11 Å². The molecular weight excluding hydrogens is 553 g/mol. The number of fused-ring (bicyclic) bond motifs is 1. The van der Waals surface area contributed by atoms with Crippen molar-refractivity contribution >= 4 is 28.9 Å². The molecular formula is C33H34FN3O6. The van der Waals surface area contributed by atoms with Gasteiger partial charge in [0.1, 0.15) is 29.1 Å². The molecule has 0 saturated carbocycles. The van der Waals surface area contributed by atoms with E-state index >= 15 is 0 Å². The molecule has 0 aliphatic rings. The van der Waals surface area contributed by atoms with E-state index in [2.05, 4.69) is 15.6 Å². The van der Waals surface area contributed by atoms with Gasteiger partial charge < -0.3 is 24.8 Å².